The molecule has 2 aromatic carbocycles. The zero-order valence-corrected chi connectivity index (χ0v) is 15.0. The van der Waals surface area contributed by atoms with Crippen LogP contribution in [0.3, 0.4) is 0 Å². The molecule has 3 rings (SSSR count). The van der Waals surface area contributed by atoms with Crippen molar-refractivity contribution in [1.29, 1.82) is 0 Å². The molecule has 1 aliphatic rings. The first-order valence-electron chi connectivity index (χ1n) is 7.23. The van der Waals surface area contributed by atoms with Crippen LogP contribution in [0.2, 0.25) is 10.0 Å². The number of nitrogens with one attached hydrogen (secondary N) is 1. The fourth-order valence-corrected chi connectivity index (χ4v) is 4.50. The van der Waals surface area contributed by atoms with Crippen molar-refractivity contribution in [2.24, 2.45) is 0 Å². The molecule has 2 aromatic rings. The minimum Gasteiger partial charge on any atom is -0.312 e. The van der Waals surface area contributed by atoms with Crippen LogP contribution in [0.15, 0.2) is 41.3 Å². The van der Waals surface area contributed by atoms with E-state index in [0.29, 0.717) is 12.2 Å². The van der Waals surface area contributed by atoms with Gasteiger partial charge in [0.2, 0.25) is 5.91 Å². The number of hydrogen-bond acceptors (Lipinski definition) is 3. The second-order valence-corrected chi connectivity index (χ2v) is 7.83. The number of hydrogen-bond donors (Lipinski definition) is 1. The van der Waals surface area contributed by atoms with Crippen LogP contribution in [0, 0.1) is 0 Å². The molecule has 0 bridgehead atoms. The van der Waals surface area contributed by atoms with Crippen LogP contribution in [0.1, 0.15) is 12.5 Å². The van der Waals surface area contributed by atoms with Gasteiger partial charge in [-0.3, -0.25) is 9.52 Å². The van der Waals surface area contributed by atoms with E-state index in [9.17, 15) is 13.2 Å². The third-order valence-electron chi connectivity index (χ3n) is 3.76. The zero-order chi connectivity index (χ0) is 17.5. The summed E-state index contributed by atoms with van der Waals surface area (Å²) in [7, 11) is -3.88. The van der Waals surface area contributed by atoms with Gasteiger partial charge in [0.25, 0.3) is 10.0 Å². The van der Waals surface area contributed by atoms with Gasteiger partial charge >= 0.3 is 0 Å². The predicted octanol–water partition coefficient (Wildman–Crippen LogP) is 3.70. The van der Waals surface area contributed by atoms with E-state index in [1.54, 1.807) is 23.1 Å². The summed E-state index contributed by atoms with van der Waals surface area (Å²) in [5.41, 5.74) is 1.97. The number of rotatable bonds is 4. The van der Waals surface area contributed by atoms with Crippen molar-refractivity contribution in [3.05, 3.63) is 52.0 Å². The van der Waals surface area contributed by atoms with Gasteiger partial charge in [0.15, 0.2) is 0 Å². The van der Waals surface area contributed by atoms with Crippen LogP contribution in [0.4, 0.5) is 11.4 Å². The first-order valence-corrected chi connectivity index (χ1v) is 9.47. The van der Waals surface area contributed by atoms with E-state index < -0.39 is 10.0 Å². The maximum Gasteiger partial charge on any atom is 0.263 e. The van der Waals surface area contributed by atoms with Gasteiger partial charge < -0.3 is 4.90 Å². The number of anilines is 2. The van der Waals surface area contributed by atoms with Crippen LogP contribution in [0.5, 0.6) is 0 Å². The Kier molecular flexibility index (Phi) is 4.46. The van der Waals surface area contributed by atoms with Gasteiger partial charge in [-0.25, -0.2) is 8.42 Å². The highest BCUT2D eigenvalue weighted by atomic mass is 35.5. The third-order valence-corrected chi connectivity index (χ3v) is 5.86. The summed E-state index contributed by atoms with van der Waals surface area (Å²) >= 11 is 11.8. The molecule has 0 atom stereocenters. The standard InChI is InChI=1S/C16H14Cl2N2O3S/c1-2-20-14-6-4-12(7-10(14)8-16(20)21)19-24(22,23)15-9-11(17)3-5-13(15)18/h3-7,9,19H,2,8H2,1H3. The van der Waals surface area contributed by atoms with Crippen LogP contribution in [-0.2, 0) is 21.2 Å². The Morgan fingerprint density at radius 2 is 1.92 bits per heavy atom. The van der Waals surface area contributed by atoms with Gasteiger partial charge in [0, 0.05) is 22.9 Å². The molecule has 0 saturated carbocycles. The Balaban J connectivity index is 1.93. The molecule has 1 heterocycles. The Morgan fingerprint density at radius 3 is 2.62 bits per heavy atom. The first-order chi connectivity index (χ1) is 11.3. The molecule has 0 spiro atoms. The van der Waals surface area contributed by atoms with Crippen molar-refractivity contribution in [2.75, 3.05) is 16.2 Å². The molecule has 0 radical (unpaired) electrons. The number of sulfonamides is 1. The molecule has 1 N–H and O–H groups in total. The van der Waals surface area contributed by atoms with E-state index in [-0.39, 0.29) is 27.3 Å². The summed E-state index contributed by atoms with van der Waals surface area (Å²) in [5, 5.41) is 0.360. The van der Waals surface area contributed by atoms with Crippen LogP contribution in [-0.4, -0.2) is 20.9 Å². The third kappa shape index (κ3) is 3.09. The minimum absolute atomic E-state index is 0.00499. The van der Waals surface area contributed by atoms with Gasteiger partial charge in [-0.1, -0.05) is 23.2 Å². The number of nitrogens with zero attached hydrogens (tertiary/aromatic N) is 1. The molecular weight excluding hydrogens is 371 g/mol. The number of carbonyl (C=O) groups excluding carboxylic acids is 1. The predicted molar refractivity (Wildman–Crippen MR) is 95.4 cm³/mol. The maximum absolute atomic E-state index is 12.5. The molecule has 0 fully saturated rings. The van der Waals surface area contributed by atoms with Crippen LogP contribution < -0.4 is 9.62 Å². The van der Waals surface area contributed by atoms with E-state index in [2.05, 4.69) is 4.72 Å². The fraction of sp³-hybridized carbons (Fsp3) is 0.188. The minimum atomic E-state index is -3.88. The van der Waals surface area contributed by atoms with Crippen molar-refractivity contribution in [1.82, 2.24) is 0 Å². The average molecular weight is 385 g/mol. The Morgan fingerprint density at radius 1 is 1.17 bits per heavy atom. The smallest absolute Gasteiger partial charge is 0.263 e. The first kappa shape index (κ1) is 17.1. The second kappa shape index (κ2) is 6.27. The summed E-state index contributed by atoms with van der Waals surface area (Å²) < 4.78 is 27.5. The topological polar surface area (TPSA) is 66.5 Å². The van der Waals surface area contributed by atoms with Gasteiger partial charge in [0.1, 0.15) is 4.90 Å². The summed E-state index contributed by atoms with van der Waals surface area (Å²) in [6, 6.07) is 9.26. The normalized spacial score (nSPS) is 14.0. The summed E-state index contributed by atoms with van der Waals surface area (Å²) in [4.78, 5) is 13.5. The molecule has 24 heavy (non-hydrogen) atoms. The number of benzene rings is 2. The highest BCUT2D eigenvalue weighted by Crippen LogP contribution is 2.32. The second-order valence-electron chi connectivity index (χ2n) is 5.34. The van der Waals surface area contributed by atoms with Crippen LogP contribution in [0.25, 0.3) is 0 Å². The largest absolute Gasteiger partial charge is 0.312 e. The molecule has 0 saturated heterocycles. The van der Waals surface area contributed by atoms with Crippen molar-refractivity contribution in [3.63, 3.8) is 0 Å². The summed E-state index contributed by atoms with van der Waals surface area (Å²) in [5.74, 6) is 0.00499. The lowest BCUT2D eigenvalue weighted by molar-refractivity contribution is -0.117. The van der Waals surface area contributed by atoms with Crippen LogP contribution >= 0.6 is 23.2 Å². The molecule has 0 unspecified atom stereocenters. The average Bonchev–Trinajstić information content (AvgIpc) is 2.83. The number of halogens is 2. The van der Waals surface area contributed by atoms with Crippen molar-refractivity contribution >= 4 is 50.5 Å². The van der Waals surface area contributed by atoms with E-state index >= 15 is 0 Å². The Bertz CT molecular complexity index is 929. The molecule has 126 valence electrons. The number of amides is 1. The monoisotopic (exact) mass is 384 g/mol. The van der Waals surface area contributed by atoms with E-state index in [1.807, 2.05) is 6.92 Å². The number of likely N-dealkylation sites (N-methyl/N-ethyl adjacent to an activating group) is 1. The molecule has 1 aliphatic heterocycles. The lowest BCUT2D eigenvalue weighted by Crippen LogP contribution is -2.25. The number of carbonyl (C=O) groups is 1. The van der Waals surface area contributed by atoms with E-state index in [4.69, 9.17) is 23.2 Å². The molecule has 5 nitrogen and oxygen atoms in total. The zero-order valence-electron chi connectivity index (χ0n) is 12.7. The van der Waals surface area contributed by atoms with Gasteiger partial charge in [0.05, 0.1) is 11.4 Å². The highest BCUT2D eigenvalue weighted by Gasteiger charge is 2.26. The molecule has 1 amide bonds. The molecular formula is C16H14Cl2N2O3S. The highest BCUT2D eigenvalue weighted by molar-refractivity contribution is 7.92. The lowest BCUT2D eigenvalue weighted by Gasteiger charge is -2.15. The molecule has 0 aliphatic carbocycles. The summed E-state index contributed by atoms with van der Waals surface area (Å²) in [6.07, 6.45) is 0.261. The fourth-order valence-electron chi connectivity index (χ4n) is 2.69. The summed E-state index contributed by atoms with van der Waals surface area (Å²) in [6.45, 7) is 2.47. The molecule has 0 aromatic heterocycles. The van der Waals surface area contributed by atoms with Gasteiger partial charge in [-0.15, -0.1) is 0 Å². The van der Waals surface area contributed by atoms with Gasteiger partial charge in [-0.2, -0.15) is 0 Å². The van der Waals surface area contributed by atoms with Crippen molar-refractivity contribution < 1.29 is 13.2 Å². The Labute approximate surface area is 150 Å². The maximum atomic E-state index is 12.5. The van der Waals surface area contributed by atoms with Gasteiger partial charge in [-0.05, 0) is 48.9 Å². The number of fused-ring (bicyclic) bond motifs is 1. The SMILES string of the molecule is CCN1C(=O)Cc2cc(NS(=O)(=O)c3cc(Cl)ccc3Cl)ccc21. The Hall–Kier alpha value is -1.76. The van der Waals surface area contributed by atoms with E-state index in [0.717, 1.165) is 11.3 Å². The van der Waals surface area contributed by atoms with Crippen molar-refractivity contribution in [2.45, 2.75) is 18.2 Å². The van der Waals surface area contributed by atoms with Crippen molar-refractivity contribution in [3.8, 4) is 0 Å². The molecule has 8 heteroatoms. The lowest BCUT2D eigenvalue weighted by atomic mass is 10.1. The van der Waals surface area contributed by atoms with E-state index in [1.165, 1.54) is 18.2 Å². The quantitative estimate of drug-likeness (QED) is 0.873.